The summed E-state index contributed by atoms with van der Waals surface area (Å²) < 4.78 is 7.00. The molecule has 0 saturated carbocycles. The van der Waals surface area contributed by atoms with Gasteiger partial charge in [0, 0.05) is 32.1 Å². The van der Waals surface area contributed by atoms with Gasteiger partial charge in [0.25, 0.3) is 0 Å². The maximum Gasteiger partial charge on any atom is 0.158 e. The van der Waals surface area contributed by atoms with Crippen LogP contribution in [0.25, 0.3) is 5.82 Å². The highest BCUT2D eigenvalue weighted by Crippen LogP contribution is 2.13. The lowest BCUT2D eigenvalue weighted by Crippen LogP contribution is -2.08. The fourth-order valence-electron chi connectivity index (χ4n) is 1.69. The van der Waals surface area contributed by atoms with Crippen LogP contribution >= 0.6 is 0 Å². The fraction of sp³-hybridized carbons (Fsp3) is 0.417. The molecule has 0 atom stereocenters. The molecule has 18 heavy (non-hydrogen) atoms. The van der Waals surface area contributed by atoms with Crippen molar-refractivity contribution in [2.45, 2.75) is 20.5 Å². The van der Waals surface area contributed by atoms with E-state index in [0.717, 1.165) is 24.0 Å². The average molecular weight is 247 g/mol. The molecule has 0 spiro atoms. The normalized spacial score (nSPS) is 10.6. The standard InChI is InChI=1S/C12H17N5O/c1-4-13-10-7-12(16-11(15-10)8-18-3)17-6-5-14-9(17)2/h5-7H,4,8H2,1-3H3,(H,13,15,16). The van der Waals surface area contributed by atoms with Gasteiger partial charge in [-0.3, -0.25) is 4.57 Å². The molecule has 0 radical (unpaired) electrons. The van der Waals surface area contributed by atoms with Crippen molar-refractivity contribution in [3.05, 3.63) is 30.1 Å². The van der Waals surface area contributed by atoms with Crippen molar-refractivity contribution in [3.63, 3.8) is 0 Å². The third-order valence-corrected chi connectivity index (χ3v) is 2.46. The molecule has 2 rings (SSSR count). The van der Waals surface area contributed by atoms with Gasteiger partial charge in [-0.05, 0) is 13.8 Å². The topological polar surface area (TPSA) is 64.9 Å². The summed E-state index contributed by atoms with van der Waals surface area (Å²) in [6.45, 7) is 5.16. The number of rotatable bonds is 5. The molecule has 6 heteroatoms. The Labute approximate surface area is 106 Å². The Morgan fingerprint density at radius 1 is 1.39 bits per heavy atom. The Morgan fingerprint density at radius 2 is 2.22 bits per heavy atom. The summed E-state index contributed by atoms with van der Waals surface area (Å²) in [4.78, 5) is 13.0. The van der Waals surface area contributed by atoms with E-state index < -0.39 is 0 Å². The van der Waals surface area contributed by atoms with E-state index in [1.165, 1.54) is 0 Å². The van der Waals surface area contributed by atoms with E-state index in [2.05, 4.69) is 20.3 Å². The summed E-state index contributed by atoms with van der Waals surface area (Å²) in [5.74, 6) is 3.13. The second-order valence-corrected chi connectivity index (χ2v) is 3.84. The van der Waals surface area contributed by atoms with E-state index in [1.807, 2.05) is 30.7 Å². The lowest BCUT2D eigenvalue weighted by Gasteiger charge is -2.10. The minimum absolute atomic E-state index is 0.389. The monoisotopic (exact) mass is 247 g/mol. The Hall–Kier alpha value is -1.95. The highest BCUT2D eigenvalue weighted by molar-refractivity contribution is 5.42. The van der Waals surface area contributed by atoms with Crippen molar-refractivity contribution in [1.29, 1.82) is 0 Å². The molecule has 2 aromatic heterocycles. The number of ether oxygens (including phenoxy) is 1. The van der Waals surface area contributed by atoms with E-state index in [-0.39, 0.29) is 0 Å². The van der Waals surface area contributed by atoms with Crippen LogP contribution in [0.5, 0.6) is 0 Å². The van der Waals surface area contributed by atoms with Gasteiger partial charge < -0.3 is 10.1 Å². The molecule has 0 bridgehead atoms. The Kier molecular flexibility index (Phi) is 3.88. The SMILES string of the molecule is CCNc1cc(-n2ccnc2C)nc(COC)n1. The first-order valence-electron chi connectivity index (χ1n) is 5.85. The molecule has 96 valence electrons. The van der Waals surface area contributed by atoms with Gasteiger partial charge in [-0.25, -0.2) is 15.0 Å². The van der Waals surface area contributed by atoms with Gasteiger partial charge in [-0.2, -0.15) is 0 Å². The van der Waals surface area contributed by atoms with Crippen LogP contribution in [0.15, 0.2) is 18.5 Å². The first-order valence-corrected chi connectivity index (χ1v) is 5.85. The van der Waals surface area contributed by atoms with Gasteiger partial charge in [0.05, 0.1) is 0 Å². The smallest absolute Gasteiger partial charge is 0.158 e. The zero-order valence-corrected chi connectivity index (χ0v) is 10.8. The second kappa shape index (κ2) is 5.59. The first kappa shape index (κ1) is 12.5. The number of aryl methyl sites for hydroxylation is 1. The van der Waals surface area contributed by atoms with Crippen LogP contribution in [-0.2, 0) is 11.3 Å². The highest BCUT2D eigenvalue weighted by atomic mass is 16.5. The van der Waals surface area contributed by atoms with Crippen LogP contribution in [0.4, 0.5) is 5.82 Å². The van der Waals surface area contributed by atoms with Gasteiger partial charge in [-0.1, -0.05) is 0 Å². The van der Waals surface area contributed by atoms with Gasteiger partial charge in [-0.15, -0.1) is 0 Å². The second-order valence-electron chi connectivity index (χ2n) is 3.84. The van der Waals surface area contributed by atoms with Gasteiger partial charge >= 0.3 is 0 Å². The summed E-state index contributed by atoms with van der Waals surface area (Å²) in [5.41, 5.74) is 0. The molecule has 0 saturated heterocycles. The summed E-state index contributed by atoms with van der Waals surface area (Å²) >= 11 is 0. The molecule has 0 aliphatic carbocycles. The number of imidazole rings is 1. The molecular formula is C12H17N5O. The van der Waals surface area contributed by atoms with Gasteiger partial charge in [0.1, 0.15) is 24.1 Å². The number of aromatic nitrogens is 4. The molecular weight excluding hydrogens is 230 g/mol. The summed E-state index contributed by atoms with van der Waals surface area (Å²) in [6.07, 6.45) is 3.63. The Balaban J connectivity index is 2.42. The van der Waals surface area contributed by atoms with Crippen LogP contribution in [-0.4, -0.2) is 33.2 Å². The molecule has 0 unspecified atom stereocenters. The van der Waals surface area contributed by atoms with Crippen molar-refractivity contribution in [3.8, 4) is 5.82 Å². The molecule has 0 fully saturated rings. The van der Waals surface area contributed by atoms with Crippen molar-refractivity contribution in [2.75, 3.05) is 19.0 Å². The van der Waals surface area contributed by atoms with E-state index >= 15 is 0 Å². The van der Waals surface area contributed by atoms with E-state index in [0.29, 0.717) is 12.4 Å². The zero-order valence-electron chi connectivity index (χ0n) is 10.8. The van der Waals surface area contributed by atoms with E-state index in [4.69, 9.17) is 4.74 Å². The number of anilines is 1. The van der Waals surface area contributed by atoms with E-state index in [1.54, 1.807) is 13.3 Å². The summed E-state index contributed by atoms with van der Waals surface area (Å²) in [5, 5.41) is 3.19. The third-order valence-electron chi connectivity index (χ3n) is 2.46. The summed E-state index contributed by atoms with van der Waals surface area (Å²) in [6, 6.07) is 1.90. The molecule has 6 nitrogen and oxygen atoms in total. The summed E-state index contributed by atoms with van der Waals surface area (Å²) in [7, 11) is 1.63. The quantitative estimate of drug-likeness (QED) is 0.868. The largest absolute Gasteiger partial charge is 0.377 e. The first-order chi connectivity index (χ1) is 8.74. The van der Waals surface area contributed by atoms with Gasteiger partial charge in [0.2, 0.25) is 0 Å². The number of nitrogens with one attached hydrogen (secondary N) is 1. The van der Waals surface area contributed by atoms with Crippen LogP contribution in [0.3, 0.4) is 0 Å². The maximum atomic E-state index is 5.09. The van der Waals surface area contributed by atoms with Crippen LogP contribution in [0.1, 0.15) is 18.6 Å². The minimum Gasteiger partial charge on any atom is -0.377 e. The van der Waals surface area contributed by atoms with Crippen molar-refractivity contribution in [2.24, 2.45) is 0 Å². The predicted octanol–water partition coefficient (Wildman–Crippen LogP) is 1.55. The zero-order chi connectivity index (χ0) is 13.0. The van der Waals surface area contributed by atoms with Crippen molar-refractivity contribution < 1.29 is 4.74 Å². The molecule has 0 amide bonds. The highest BCUT2D eigenvalue weighted by Gasteiger charge is 2.07. The molecule has 2 heterocycles. The lowest BCUT2D eigenvalue weighted by atomic mass is 10.4. The minimum atomic E-state index is 0.389. The maximum absolute atomic E-state index is 5.09. The van der Waals surface area contributed by atoms with Crippen LogP contribution in [0.2, 0.25) is 0 Å². The molecule has 2 aromatic rings. The number of hydrogen-bond acceptors (Lipinski definition) is 5. The van der Waals surface area contributed by atoms with Crippen LogP contribution < -0.4 is 5.32 Å². The molecule has 0 aromatic carbocycles. The number of nitrogens with zero attached hydrogens (tertiary/aromatic N) is 4. The van der Waals surface area contributed by atoms with Gasteiger partial charge in [0.15, 0.2) is 5.82 Å². The van der Waals surface area contributed by atoms with Crippen molar-refractivity contribution >= 4 is 5.82 Å². The Bertz CT molecular complexity index is 499. The fourth-order valence-corrected chi connectivity index (χ4v) is 1.69. The number of methoxy groups -OCH3 is 1. The van der Waals surface area contributed by atoms with E-state index in [9.17, 15) is 0 Å². The van der Waals surface area contributed by atoms with Crippen LogP contribution in [0, 0.1) is 6.92 Å². The average Bonchev–Trinajstić information content (AvgIpc) is 2.76. The predicted molar refractivity (Wildman–Crippen MR) is 68.8 cm³/mol. The molecule has 0 aliphatic heterocycles. The third kappa shape index (κ3) is 2.65. The number of hydrogen-bond donors (Lipinski definition) is 1. The van der Waals surface area contributed by atoms with Crippen molar-refractivity contribution in [1.82, 2.24) is 19.5 Å². The molecule has 1 N–H and O–H groups in total. The Morgan fingerprint density at radius 3 is 2.83 bits per heavy atom. The lowest BCUT2D eigenvalue weighted by molar-refractivity contribution is 0.178. The molecule has 0 aliphatic rings.